The van der Waals surface area contributed by atoms with Crippen molar-refractivity contribution in [3.63, 3.8) is 0 Å². The fraction of sp³-hybridized carbons (Fsp3) is 0.462. The van der Waals surface area contributed by atoms with Crippen LogP contribution >= 0.6 is 11.6 Å². The van der Waals surface area contributed by atoms with Crippen molar-refractivity contribution in [3.05, 3.63) is 34.3 Å². The third kappa shape index (κ3) is 3.20. The van der Waals surface area contributed by atoms with E-state index in [-0.39, 0.29) is 5.91 Å². The quantitative estimate of drug-likeness (QED) is 0.889. The minimum atomic E-state index is -0.232. The highest BCUT2D eigenvalue weighted by atomic mass is 35.5. The number of hydrogen-bond donors (Lipinski definition) is 1. The Hall–Kier alpha value is -1.06. The lowest BCUT2D eigenvalue weighted by molar-refractivity contribution is -0.118. The van der Waals surface area contributed by atoms with Crippen LogP contribution in [0.1, 0.15) is 17.5 Å². The molecule has 0 spiro atoms. The summed E-state index contributed by atoms with van der Waals surface area (Å²) >= 11 is 6.20. The SMILES string of the molecule is NC(=O)CCN1CCc2cccc(Cl)c2CC1. The van der Waals surface area contributed by atoms with Crippen molar-refractivity contribution in [1.29, 1.82) is 0 Å². The largest absolute Gasteiger partial charge is 0.370 e. The highest BCUT2D eigenvalue weighted by Crippen LogP contribution is 2.23. The first-order chi connectivity index (χ1) is 8.16. The molecule has 17 heavy (non-hydrogen) atoms. The van der Waals surface area contributed by atoms with Gasteiger partial charge in [0.15, 0.2) is 0 Å². The number of carbonyl (C=O) groups excluding carboxylic acids is 1. The van der Waals surface area contributed by atoms with Gasteiger partial charge in [-0.3, -0.25) is 4.79 Å². The predicted octanol–water partition coefficient (Wildman–Crippen LogP) is 1.62. The minimum Gasteiger partial charge on any atom is -0.370 e. The molecule has 4 heteroatoms. The second-order valence-electron chi connectivity index (χ2n) is 4.44. The second kappa shape index (κ2) is 5.52. The first kappa shape index (κ1) is 12.4. The van der Waals surface area contributed by atoms with E-state index < -0.39 is 0 Å². The third-order valence-corrected chi connectivity index (χ3v) is 3.62. The van der Waals surface area contributed by atoms with Crippen molar-refractivity contribution in [2.24, 2.45) is 5.73 Å². The van der Waals surface area contributed by atoms with E-state index in [1.807, 2.05) is 12.1 Å². The molecule has 1 aromatic carbocycles. The van der Waals surface area contributed by atoms with Crippen LogP contribution in [0.4, 0.5) is 0 Å². The summed E-state index contributed by atoms with van der Waals surface area (Å²) in [7, 11) is 0. The van der Waals surface area contributed by atoms with Crippen molar-refractivity contribution < 1.29 is 4.79 Å². The van der Waals surface area contributed by atoms with Crippen molar-refractivity contribution in [3.8, 4) is 0 Å². The Labute approximate surface area is 107 Å². The van der Waals surface area contributed by atoms with Crippen LogP contribution < -0.4 is 5.73 Å². The zero-order valence-corrected chi connectivity index (χ0v) is 10.5. The molecular weight excluding hydrogens is 236 g/mol. The molecule has 1 amide bonds. The molecular formula is C13H17ClN2O. The molecule has 3 nitrogen and oxygen atoms in total. The van der Waals surface area contributed by atoms with Crippen LogP contribution in [0.2, 0.25) is 5.02 Å². The first-order valence-corrected chi connectivity index (χ1v) is 6.31. The molecule has 0 bridgehead atoms. The van der Waals surface area contributed by atoms with Gasteiger partial charge in [0.05, 0.1) is 0 Å². The van der Waals surface area contributed by atoms with Gasteiger partial charge in [-0.2, -0.15) is 0 Å². The average molecular weight is 253 g/mol. The summed E-state index contributed by atoms with van der Waals surface area (Å²) < 4.78 is 0. The fourth-order valence-corrected chi connectivity index (χ4v) is 2.56. The van der Waals surface area contributed by atoms with Gasteiger partial charge in [0.25, 0.3) is 0 Å². The number of hydrogen-bond acceptors (Lipinski definition) is 2. The Morgan fingerprint density at radius 3 is 2.88 bits per heavy atom. The first-order valence-electron chi connectivity index (χ1n) is 5.94. The number of halogens is 1. The topological polar surface area (TPSA) is 46.3 Å². The van der Waals surface area contributed by atoms with Gasteiger partial charge in [-0.05, 0) is 30.0 Å². The molecule has 2 rings (SSSR count). The smallest absolute Gasteiger partial charge is 0.218 e. The highest BCUT2D eigenvalue weighted by molar-refractivity contribution is 6.31. The Morgan fingerprint density at radius 1 is 1.35 bits per heavy atom. The normalized spacial score (nSPS) is 16.3. The number of carbonyl (C=O) groups is 1. The molecule has 0 unspecified atom stereocenters. The standard InChI is InChI=1S/C13H17ClN2O/c14-12-3-1-2-10-4-7-16(8-5-11(10)12)9-6-13(15)17/h1-3H,4-9H2,(H2,15,17). The molecule has 0 fully saturated rings. The lowest BCUT2D eigenvalue weighted by Crippen LogP contribution is -2.30. The number of rotatable bonds is 3. The van der Waals surface area contributed by atoms with Crippen LogP contribution in [0.25, 0.3) is 0 Å². The monoisotopic (exact) mass is 252 g/mol. The van der Waals surface area contributed by atoms with Gasteiger partial charge >= 0.3 is 0 Å². The molecule has 1 aliphatic heterocycles. The lowest BCUT2D eigenvalue weighted by atomic mass is 10.0. The maximum Gasteiger partial charge on any atom is 0.218 e. The lowest BCUT2D eigenvalue weighted by Gasteiger charge is -2.18. The summed E-state index contributed by atoms with van der Waals surface area (Å²) in [5, 5.41) is 0.860. The number of benzene rings is 1. The molecule has 2 N–H and O–H groups in total. The molecule has 92 valence electrons. The van der Waals surface area contributed by atoms with Crippen molar-refractivity contribution in [1.82, 2.24) is 4.90 Å². The third-order valence-electron chi connectivity index (χ3n) is 3.27. The Bertz CT molecular complexity index is 420. The van der Waals surface area contributed by atoms with Gasteiger partial charge in [0.2, 0.25) is 5.91 Å². The molecule has 0 aliphatic carbocycles. The summed E-state index contributed by atoms with van der Waals surface area (Å²) in [6, 6.07) is 6.08. The van der Waals surface area contributed by atoms with Crippen LogP contribution in [0, 0.1) is 0 Å². The Kier molecular flexibility index (Phi) is 4.02. The van der Waals surface area contributed by atoms with Crippen LogP contribution in [-0.2, 0) is 17.6 Å². The van der Waals surface area contributed by atoms with Gasteiger partial charge in [-0.15, -0.1) is 0 Å². The summed E-state index contributed by atoms with van der Waals surface area (Å²) in [5.41, 5.74) is 7.76. The van der Waals surface area contributed by atoms with E-state index in [1.165, 1.54) is 11.1 Å². The molecule has 1 aromatic rings. The summed E-state index contributed by atoms with van der Waals surface area (Å²) in [5.74, 6) is -0.232. The molecule has 0 aromatic heterocycles. The molecule has 0 saturated heterocycles. The minimum absolute atomic E-state index is 0.232. The predicted molar refractivity (Wildman–Crippen MR) is 69.1 cm³/mol. The number of fused-ring (bicyclic) bond motifs is 1. The Balaban J connectivity index is 2.01. The van der Waals surface area contributed by atoms with Crippen LogP contribution in [0.5, 0.6) is 0 Å². The second-order valence-corrected chi connectivity index (χ2v) is 4.84. The Morgan fingerprint density at radius 2 is 2.12 bits per heavy atom. The fourth-order valence-electron chi connectivity index (χ4n) is 2.27. The van der Waals surface area contributed by atoms with Gasteiger partial charge in [-0.1, -0.05) is 23.7 Å². The van der Waals surface area contributed by atoms with Gasteiger partial charge in [0.1, 0.15) is 0 Å². The number of primary amides is 1. The number of amides is 1. The van der Waals surface area contributed by atoms with Crippen molar-refractivity contribution in [2.75, 3.05) is 19.6 Å². The molecule has 0 radical (unpaired) electrons. The maximum atomic E-state index is 10.8. The highest BCUT2D eigenvalue weighted by Gasteiger charge is 2.15. The van der Waals surface area contributed by atoms with Gasteiger partial charge in [-0.25, -0.2) is 0 Å². The average Bonchev–Trinajstić information content (AvgIpc) is 2.50. The zero-order valence-electron chi connectivity index (χ0n) is 9.79. The van der Waals surface area contributed by atoms with E-state index in [9.17, 15) is 4.79 Å². The van der Waals surface area contributed by atoms with E-state index in [0.717, 1.165) is 37.5 Å². The molecule has 0 saturated carbocycles. The van der Waals surface area contributed by atoms with Crippen LogP contribution in [0.3, 0.4) is 0 Å². The summed E-state index contributed by atoms with van der Waals surface area (Å²) in [6.07, 6.45) is 2.38. The van der Waals surface area contributed by atoms with Gasteiger partial charge in [0, 0.05) is 31.1 Å². The zero-order chi connectivity index (χ0) is 12.3. The molecule has 1 aliphatic rings. The van der Waals surface area contributed by atoms with Crippen LogP contribution in [0.15, 0.2) is 18.2 Å². The van der Waals surface area contributed by atoms with E-state index in [0.29, 0.717) is 6.42 Å². The van der Waals surface area contributed by atoms with Crippen LogP contribution in [-0.4, -0.2) is 30.4 Å². The van der Waals surface area contributed by atoms with E-state index in [1.54, 1.807) is 0 Å². The number of nitrogens with two attached hydrogens (primary N) is 1. The molecule has 0 atom stereocenters. The van der Waals surface area contributed by atoms with E-state index >= 15 is 0 Å². The van der Waals surface area contributed by atoms with E-state index in [2.05, 4.69) is 11.0 Å². The molecule has 1 heterocycles. The van der Waals surface area contributed by atoms with Crippen molar-refractivity contribution in [2.45, 2.75) is 19.3 Å². The maximum absolute atomic E-state index is 10.8. The van der Waals surface area contributed by atoms with Gasteiger partial charge < -0.3 is 10.6 Å². The van der Waals surface area contributed by atoms with Crippen molar-refractivity contribution >= 4 is 17.5 Å². The summed E-state index contributed by atoms with van der Waals surface area (Å²) in [6.45, 7) is 2.67. The van der Waals surface area contributed by atoms with E-state index in [4.69, 9.17) is 17.3 Å². The number of nitrogens with zero attached hydrogens (tertiary/aromatic N) is 1. The summed E-state index contributed by atoms with van der Waals surface area (Å²) in [4.78, 5) is 13.1.